The molecule has 0 heterocycles. The second-order valence-corrected chi connectivity index (χ2v) is 4.39. The molecule has 3 heteroatoms. The van der Waals surface area contributed by atoms with E-state index in [-0.39, 0.29) is 38.5 Å². The van der Waals surface area contributed by atoms with Crippen LogP contribution in [0.2, 0.25) is 0 Å². The quantitative estimate of drug-likeness (QED) is 0.612. The van der Waals surface area contributed by atoms with Gasteiger partial charge in [-0.05, 0) is 30.2 Å². The molecule has 2 nitrogen and oxygen atoms in total. The number of ether oxygens (including phenoxy) is 1. The average Bonchev–Trinajstić information content (AvgIpc) is 2.47. The molecule has 0 aliphatic heterocycles. The largest absolute Gasteiger partial charge is 0.496 e. The van der Waals surface area contributed by atoms with Crippen molar-refractivity contribution in [2.75, 3.05) is 7.11 Å². The van der Waals surface area contributed by atoms with Crippen molar-refractivity contribution in [3.05, 3.63) is 65.2 Å². The minimum Gasteiger partial charge on any atom is -0.496 e. The van der Waals surface area contributed by atoms with Crippen molar-refractivity contribution in [1.82, 2.24) is 0 Å². The summed E-state index contributed by atoms with van der Waals surface area (Å²) in [7, 11) is 1.66. The molecule has 0 amide bonds. The Labute approximate surface area is 145 Å². The molecule has 0 bridgehead atoms. The Morgan fingerprint density at radius 1 is 1.15 bits per heavy atom. The minimum atomic E-state index is 0. The summed E-state index contributed by atoms with van der Waals surface area (Å²) >= 11 is 0. The first-order valence-electron chi connectivity index (χ1n) is 6.44. The monoisotopic (exact) mass is 342 g/mol. The molecular formula is C17H17O2Y-. The van der Waals surface area contributed by atoms with Gasteiger partial charge in [-0.2, -0.15) is 30.3 Å². The Kier molecular flexibility index (Phi) is 7.11. The van der Waals surface area contributed by atoms with Gasteiger partial charge in [0.05, 0.1) is 7.11 Å². The predicted molar refractivity (Wildman–Crippen MR) is 75.7 cm³/mol. The summed E-state index contributed by atoms with van der Waals surface area (Å²) in [4.78, 5) is 12.3. The van der Waals surface area contributed by atoms with E-state index in [9.17, 15) is 4.79 Å². The van der Waals surface area contributed by atoms with Gasteiger partial charge in [0.15, 0.2) is 5.78 Å². The number of ketones is 1. The normalized spacial score (nSPS) is 9.70. The van der Waals surface area contributed by atoms with Gasteiger partial charge in [0.25, 0.3) is 0 Å². The van der Waals surface area contributed by atoms with E-state index < -0.39 is 0 Å². The molecule has 0 spiro atoms. The molecule has 2 rings (SSSR count). The summed E-state index contributed by atoms with van der Waals surface area (Å²) in [6.45, 7) is 2.11. The number of hydrogen-bond acceptors (Lipinski definition) is 2. The first-order chi connectivity index (χ1) is 9.26. The number of aryl methyl sites for hydroxylation is 1. The van der Waals surface area contributed by atoms with Gasteiger partial charge in [-0.1, -0.05) is 18.9 Å². The summed E-state index contributed by atoms with van der Waals surface area (Å²) in [6.07, 6.45) is 1.93. The van der Waals surface area contributed by atoms with Crippen molar-refractivity contribution < 1.29 is 42.2 Å². The number of hydrogen-bond donors (Lipinski definition) is 0. The second-order valence-electron chi connectivity index (χ2n) is 4.39. The third kappa shape index (κ3) is 4.00. The van der Waals surface area contributed by atoms with Crippen molar-refractivity contribution >= 4 is 5.78 Å². The summed E-state index contributed by atoms with van der Waals surface area (Å²) in [5.41, 5.74) is 2.47. The molecule has 0 N–H and O–H groups in total. The number of benzene rings is 2. The van der Waals surface area contributed by atoms with Gasteiger partial charge in [-0.3, -0.25) is 4.79 Å². The van der Waals surface area contributed by atoms with Crippen LogP contribution in [-0.2, 0) is 39.1 Å². The predicted octanol–water partition coefficient (Wildman–Crippen LogP) is 3.68. The van der Waals surface area contributed by atoms with Gasteiger partial charge in [0.2, 0.25) is 0 Å². The number of carbonyl (C=O) groups excluding carboxylic acids is 1. The second kappa shape index (κ2) is 8.33. The summed E-state index contributed by atoms with van der Waals surface area (Å²) in [6, 6.07) is 15.6. The van der Waals surface area contributed by atoms with Crippen molar-refractivity contribution in [3.63, 3.8) is 0 Å². The molecule has 0 aromatic heterocycles. The summed E-state index contributed by atoms with van der Waals surface area (Å²) in [5.74, 6) is 0.883. The van der Waals surface area contributed by atoms with Crippen LogP contribution in [0.5, 0.6) is 5.75 Å². The number of methoxy groups -OCH3 is 1. The summed E-state index contributed by atoms with van der Waals surface area (Å²) in [5, 5.41) is 0. The van der Waals surface area contributed by atoms with Gasteiger partial charge in [0.1, 0.15) is 5.75 Å². The fourth-order valence-electron chi connectivity index (χ4n) is 2.09. The van der Waals surface area contributed by atoms with E-state index in [0.29, 0.717) is 11.1 Å². The van der Waals surface area contributed by atoms with E-state index in [0.717, 1.165) is 24.2 Å². The average molecular weight is 342 g/mol. The Bertz CT molecular complexity index is 564. The molecule has 2 aromatic rings. The zero-order chi connectivity index (χ0) is 13.7. The maximum atomic E-state index is 12.3. The smallest absolute Gasteiger partial charge is 0.169 e. The fraction of sp³-hybridized carbons (Fsp3) is 0.235. The van der Waals surface area contributed by atoms with E-state index in [4.69, 9.17) is 4.74 Å². The van der Waals surface area contributed by atoms with E-state index in [1.807, 2.05) is 18.2 Å². The van der Waals surface area contributed by atoms with Gasteiger partial charge >= 0.3 is 0 Å². The third-order valence-corrected chi connectivity index (χ3v) is 3.04. The summed E-state index contributed by atoms with van der Waals surface area (Å²) < 4.78 is 5.32. The van der Waals surface area contributed by atoms with Crippen LogP contribution in [0.4, 0.5) is 0 Å². The van der Waals surface area contributed by atoms with E-state index >= 15 is 0 Å². The van der Waals surface area contributed by atoms with Crippen LogP contribution in [0.1, 0.15) is 34.8 Å². The van der Waals surface area contributed by atoms with Crippen LogP contribution < -0.4 is 4.74 Å². The van der Waals surface area contributed by atoms with E-state index in [2.05, 4.69) is 13.0 Å². The molecule has 101 valence electrons. The van der Waals surface area contributed by atoms with Crippen LogP contribution in [0.25, 0.3) is 0 Å². The number of carbonyl (C=O) groups is 1. The van der Waals surface area contributed by atoms with Gasteiger partial charge < -0.3 is 4.74 Å². The fourth-order valence-corrected chi connectivity index (χ4v) is 2.09. The molecule has 0 fully saturated rings. The Hall–Kier alpha value is -0.986. The maximum absolute atomic E-state index is 12.3. The van der Waals surface area contributed by atoms with Gasteiger partial charge in [-0.15, -0.1) is 0 Å². The molecule has 2 aromatic carbocycles. The molecule has 0 aliphatic rings. The van der Waals surface area contributed by atoms with Crippen molar-refractivity contribution in [3.8, 4) is 5.75 Å². The van der Waals surface area contributed by atoms with Crippen LogP contribution in [0.15, 0.2) is 42.5 Å². The first kappa shape index (κ1) is 17.1. The molecule has 0 saturated carbocycles. The minimum absolute atomic E-state index is 0. The number of rotatable bonds is 5. The Balaban J connectivity index is 0.00000200. The van der Waals surface area contributed by atoms with E-state index in [1.165, 1.54) is 0 Å². The molecule has 20 heavy (non-hydrogen) atoms. The molecule has 1 radical (unpaired) electrons. The standard InChI is InChI=1S/C17H17O2.Y/c1-3-7-14-12-15(10-11-16(14)19-2)17(18)13-8-5-4-6-9-13;/h5-6,8-12H,3,7H2,1-2H3;/q-1;. The van der Waals surface area contributed by atoms with E-state index in [1.54, 1.807) is 31.4 Å². The van der Waals surface area contributed by atoms with Crippen molar-refractivity contribution in [2.45, 2.75) is 19.8 Å². The van der Waals surface area contributed by atoms with Gasteiger partial charge in [0, 0.05) is 38.3 Å². The topological polar surface area (TPSA) is 26.3 Å². The molecule has 0 unspecified atom stereocenters. The Morgan fingerprint density at radius 2 is 1.85 bits per heavy atom. The molecule has 0 atom stereocenters. The van der Waals surface area contributed by atoms with Crippen LogP contribution in [0.3, 0.4) is 0 Å². The molecular weight excluding hydrogens is 325 g/mol. The molecule has 0 saturated heterocycles. The molecule has 0 aliphatic carbocycles. The SMILES string of the molecule is CCCc1cc(C(=O)c2cc[c-]cc2)ccc1OC.[Y]. The van der Waals surface area contributed by atoms with Crippen LogP contribution in [-0.4, -0.2) is 12.9 Å². The van der Waals surface area contributed by atoms with Crippen LogP contribution >= 0.6 is 0 Å². The maximum Gasteiger partial charge on any atom is 0.169 e. The van der Waals surface area contributed by atoms with Crippen molar-refractivity contribution in [1.29, 1.82) is 0 Å². The van der Waals surface area contributed by atoms with Crippen LogP contribution in [0, 0.1) is 6.07 Å². The first-order valence-corrected chi connectivity index (χ1v) is 6.44. The zero-order valence-corrected chi connectivity index (χ0v) is 14.7. The third-order valence-electron chi connectivity index (χ3n) is 3.04. The zero-order valence-electron chi connectivity index (χ0n) is 11.8. The Morgan fingerprint density at radius 3 is 2.45 bits per heavy atom. The van der Waals surface area contributed by atoms with Gasteiger partial charge in [-0.25, -0.2) is 0 Å². The van der Waals surface area contributed by atoms with Crippen molar-refractivity contribution in [2.24, 2.45) is 0 Å².